The fraction of sp³-hybridized carbons (Fsp3) is 0.500. The van der Waals surface area contributed by atoms with Crippen LogP contribution in [0, 0.1) is 6.92 Å². The highest BCUT2D eigenvalue weighted by Gasteiger charge is 2.45. The average molecular weight is 358 g/mol. The number of amides is 1. The Morgan fingerprint density at radius 3 is 3.16 bits per heavy atom. The summed E-state index contributed by atoms with van der Waals surface area (Å²) in [5.74, 6) is 0.915. The SMILES string of the molecule is Cc1nc(C(=O)N2CC[C@]3(C[C@@H](Nc4ccccn4)CCO3)C2)cs1. The van der Waals surface area contributed by atoms with Crippen LogP contribution in [0.1, 0.15) is 34.8 Å². The molecular weight excluding hydrogens is 336 g/mol. The number of likely N-dealkylation sites (tertiary alicyclic amines) is 1. The molecule has 1 spiro atoms. The Kier molecular flexibility index (Phi) is 4.43. The van der Waals surface area contributed by atoms with Crippen LogP contribution in [0.3, 0.4) is 0 Å². The number of rotatable bonds is 3. The molecule has 4 rings (SSSR count). The van der Waals surface area contributed by atoms with Crippen LogP contribution in [0.25, 0.3) is 0 Å². The van der Waals surface area contributed by atoms with Gasteiger partial charge in [0.1, 0.15) is 11.5 Å². The lowest BCUT2D eigenvalue weighted by molar-refractivity contribution is -0.0720. The largest absolute Gasteiger partial charge is 0.373 e. The Balaban J connectivity index is 1.41. The Morgan fingerprint density at radius 2 is 2.40 bits per heavy atom. The number of hydrogen-bond donors (Lipinski definition) is 1. The first-order valence-corrected chi connectivity index (χ1v) is 9.54. The van der Waals surface area contributed by atoms with Crippen LogP contribution in [-0.2, 0) is 4.74 Å². The molecule has 0 unspecified atom stereocenters. The van der Waals surface area contributed by atoms with Crippen molar-refractivity contribution in [3.8, 4) is 0 Å². The van der Waals surface area contributed by atoms with E-state index in [0.717, 1.165) is 36.6 Å². The van der Waals surface area contributed by atoms with E-state index < -0.39 is 0 Å². The van der Waals surface area contributed by atoms with Crippen LogP contribution in [0.15, 0.2) is 29.8 Å². The number of nitrogens with zero attached hydrogens (tertiary/aromatic N) is 3. The van der Waals surface area contributed by atoms with Crippen molar-refractivity contribution in [2.24, 2.45) is 0 Å². The minimum atomic E-state index is -0.245. The molecule has 2 atom stereocenters. The Labute approximate surface area is 151 Å². The number of aromatic nitrogens is 2. The van der Waals surface area contributed by atoms with Gasteiger partial charge in [-0.15, -0.1) is 11.3 Å². The van der Waals surface area contributed by atoms with Gasteiger partial charge in [0.15, 0.2) is 0 Å². The minimum Gasteiger partial charge on any atom is -0.373 e. The second kappa shape index (κ2) is 6.72. The molecule has 0 radical (unpaired) electrons. The first-order valence-electron chi connectivity index (χ1n) is 8.67. The molecule has 1 N–H and O–H groups in total. The van der Waals surface area contributed by atoms with Crippen molar-refractivity contribution in [1.82, 2.24) is 14.9 Å². The Hall–Kier alpha value is -1.99. The van der Waals surface area contributed by atoms with Gasteiger partial charge < -0.3 is 15.0 Å². The summed E-state index contributed by atoms with van der Waals surface area (Å²) in [7, 11) is 0. The molecule has 2 aliphatic heterocycles. The lowest BCUT2D eigenvalue weighted by Crippen LogP contribution is -2.47. The predicted octanol–water partition coefficient (Wildman–Crippen LogP) is 2.72. The number of anilines is 1. The van der Waals surface area contributed by atoms with Crippen molar-refractivity contribution in [3.05, 3.63) is 40.5 Å². The van der Waals surface area contributed by atoms with E-state index in [4.69, 9.17) is 4.74 Å². The minimum absolute atomic E-state index is 0.0182. The fourth-order valence-electron chi connectivity index (χ4n) is 3.73. The molecule has 1 amide bonds. The van der Waals surface area contributed by atoms with Gasteiger partial charge in [0, 0.05) is 30.8 Å². The van der Waals surface area contributed by atoms with E-state index in [1.54, 1.807) is 6.20 Å². The first kappa shape index (κ1) is 16.5. The zero-order valence-electron chi connectivity index (χ0n) is 14.3. The van der Waals surface area contributed by atoms with E-state index >= 15 is 0 Å². The van der Waals surface area contributed by atoms with E-state index in [-0.39, 0.29) is 11.5 Å². The summed E-state index contributed by atoms with van der Waals surface area (Å²) in [5.41, 5.74) is 0.310. The highest BCUT2D eigenvalue weighted by molar-refractivity contribution is 7.09. The zero-order valence-corrected chi connectivity index (χ0v) is 15.1. The second-order valence-corrected chi connectivity index (χ2v) is 7.87. The molecule has 25 heavy (non-hydrogen) atoms. The van der Waals surface area contributed by atoms with Gasteiger partial charge in [0.25, 0.3) is 5.91 Å². The molecule has 2 saturated heterocycles. The van der Waals surface area contributed by atoms with Gasteiger partial charge in [-0.3, -0.25) is 4.79 Å². The molecule has 0 aliphatic carbocycles. The predicted molar refractivity (Wildman–Crippen MR) is 96.9 cm³/mol. The molecule has 6 nitrogen and oxygen atoms in total. The maximum Gasteiger partial charge on any atom is 0.273 e. The maximum absolute atomic E-state index is 12.6. The van der Waals surface area contributed by atoms with Gasteiger partial charge in [-0.2, -0.15) is 0 Å². The molecular formula is C18H22N4O2S. The molecule has 4 heterocycles. The smallest absolute Gasteiger partial charge is 0.273 e. The molecule has 2 aromatic heterocycles. The van der Waals surface area contributed by atoms with E-state index in [1.165, 1.54) is 11.3 Å². The third-order valence-corrected chi connectivity index (χ3v) is 5.73. The Bertz CT molecular complexity index is 751. The fourth-order valence-corrected chi connectivity index (χ4v) is 4.32. The number of pyridine rings is 1. The van der Waals surface area contributed by atoms with Gasteiger partial charge in [-0.1, -0.05) is 6.07 Å². The first-order chi connectivity index (χ1) is 12.1. The van der Waals surface area contributed by atoms with Crippen molar-refractivity contribution in [1.29, 1.82) is 0 Å². The summed E-state index contributed by atoms with van der Waals surface area (Å²) in [6.07, 6.45) is 4.52. The van der Waals surface area contributed by atoms with Crippen LogP contribution in [0.2, 0.25) is 0 Å². The summed E-state index contributed by atoms with van der Waals surface area (Å²) in [6.45, 7) is 4.00. The van der Waals surface area contributed by atoms with Crippen LogP contribution in [0.4, 0.5) is 5.82 Å². The number of carbonyl (C=O) groups excluding carboxylic acids is 1. The number of carbonyl (C=O) groups is 1. The van der Waals surface area contributed by atoms with Gasteiger partial charge >= 0.3 is 0 Å². The highest BCUT2D eigenvalue weighted by Crippen LogP contribution is 2.35. The molecule has 2 aromatic rings. The summed E-state index contributed by atoms with van der Waals surface area (Å²) >= 11 is 1.51. The lowest BCUT2D eigenvalue weighted by atomic mass is 9.89. The third-order valence-electron chi connectivity index (χ3n) is 4.95. The van der Waals surface area contributed by atoms with Crippen molar-refractivity contribution >= 4 is 23.1 Å². The van der Waals surface area contributed by atoms with Crippen molar-refractivity contribution in [2.75, 3.05) is 25.0 Å². The van der Waals surface area contributed by atoms with Gasteiger partial charge in [0.2, 0.25) is 0 Å². The van der Waals surface area contributed by atoms with Crippen LogP contribution in [0.5, 0.6) is 0 Å². The average Bonchev–Trinajstić information content (AvgIpc) is 3.22. The van der Waals surface area contributed by atoms with Gasteiger partial charge in [0.05, 0.1) is 17.2 Å². The van der Waals surface area contributed by atoms with Gasteiger partial charge in [-0.05, 0) is 38.3 Å². The maximum atomic E-state index is 12.6. The third kappa shape index (κ3) is 3.52. The monoisotopic (exact) mass is 358 g/mol. The molecule has 0 bridgehead atoms. The molecule has 0 aromatic carbocycles. The number of thiazole rings is 1. The van der Waals surface area contributed by atoms with Gasteiger partial charge in [-0.25, -0.2) is 9.97 Å². The quantitative estimate of drug-likeness (QED) is 0.914. The molecule has 0 saturated carbocycles. The summed E-state index contributed by atoms with van der Waals surface area (Å²) in [5, 5.41) is 6.27. The summed E-state index contributed by atoms with van der Waals surface area (Å²) in [4.78, 5) is 23.2. The number of hydrogen-bond acceptors (Lipinski definition) is 6. The second-order valence-electron chi connectivity index (χ2n) is 6.81. The van der Waals surface area contributed by atoms with E-state index in [9.17, 15) is 4.79 Å². The van der Waals surface area contributed by atoms with Crippen LogP contribution < -0.4 is 5.32 Å². The number of ether oxygens (including phenoxy) is 1. The van der Waals surface area contributed by atoms with Crippen molar-refractivity contribution in [3.63, 3.8) is 0 Å². The van der Waals surface area contributed by atoms with Crippen molar-refractivity contribution < 1.29 is 9.53 Å². The molecule has 2 fully saturated rings. The zero-order chi connectivity index (χ0) is 17.3. The lowest BCUT2D eigenvalue weighted by Gasteiger charge is -2.38. The number of nitrogens with one attached hydrogen (secondary N) is 1. The van der Waals surface area contributed by atoms with E-state index in [2.05, 4.69) is 15.3 Å². The molecule has 132 valence electrons. The molecule has 7 heteroatoms. The highest BCUT2D eigenvalue weighted by atomic mass is 32.1. The Morgan fingerprint density at radius 1 is 1.48 bits per heavy atom. The summed E-state index contributed by atoms with van der Waals surface area (Å²) < 4.78 is 6.14. The standard InChI is InChI=1S/C18H22N4O2S/c1-13-20-15(11-25-13)17(23)22-8-6-18(12-22)10-14(5-9-24-18)21-16-4-2-3-7-19-16/h2-4,7,11,14H,5-6,8-10,12H2,1H3,(H,19,21)/t14-,18-/m0/s1. The van der Waals surface area contributed by atoms with E-state index in [0.29, 0.717) is 24.9 Å². The topological polar surface area (TPSA) is 67.4 Å². The normalized spacial score (nSPS) is 26.1. The van der Waals surface area contributed by atoms with Crippen molar-refractivity contribution in [2.45, 2.75) is 37.8 Å². The summed E-state index contributed by atoms with van der Waals surface area (Å²) in [6, 6.07) is 6.20. The van der Waals surface area contributed by atoms with E-state index in [1.807, 2.05) is 35.4 Å². The van der Waals surface area contributed by atoms with Crippen LogP contribution in [-0.4, -0.2) is 52.1 Å². The van der Waals surface area contributed by atoms with Crippen LogP contribution >= 0.6 is 11.3 Å². The number of aryl methyl sites for hydroxylation is 1. The molecule has 2 aliphatic rings.